The summed E-state index contributed by atoms with van der Waals surface area (Å²) in [5.74, 6) is -0.437. The van der Waals surface area contributed by atoms with E-state index in [0.717, 1.165) is 24.5 Å². The number of rotatable bonds is 5. The quantitative estimate of drug-likeness (QED) is 0.858. The van der Waals surface area contributed by atoms with Crippen molar-refractivity contribution >= 4 is 22.9 Å². The van der Waals surface area contributed by atoms with Gasteiger partial charge < -0.3 is 5.32 Å². The number of halogens is 2. The lowest BCUT2D eigenvalue weighted by Crippen LogP contribution is -2.15. The largest absolute Gasteiger partial charge is 0.317 e. The minimum atomic E-state index is -0.437. The van der Waals surface area contributed by atoms with Crippen molar-refractivity contribution in [1.82, 2.24) is 15.5 Å². The van der Waals surface area contributed by atoms with Crippen molar-refractivity contribution in [1.29, 1.82) is 0 Å². The van der Waals surface area contributed by atoms with Crippen LogP contribution >= 0.6 is 22.9 Å². The molecule has 1 aromatic carbocycles. The van der Waals surface area contributed by atoms with Crippen molar-refractivity contribution in [3.63, 3.8) is 0 Å². The molecule has 6 heteroatoms. The van der Waals surface area contributed by atoms with E-state index in [1.165, 1.54) is 17.4 Å². The Bertz CT molecular complexity index is 530. The molecular formula is C12H13ClFN3S. The van der Waals surface area contributed by atoms with Crippen molar-refractivity contribution in [2.75, 3.05) is 13.1 Å². The summed E-state index contributed by atoms with van der Waals surface area (Å²) < 4.78 is 13.8. The Morgan fingerprint density at radius 2 is 2.22 bits per heavy atom. The van der Waals surface area contributed by atoms with Crippen LogP contribution in [0.5, 0.6) is 0 Å². The van der Waals surface area contributed by atoms with Crippen LogP contribution in [0.4, 0.5) is 4.39 Å². The number of nitrogens with one attached hydrogen (secondary N) is 1. The Labute approximate surface area is 114 Å². The fourth-order valence-corrected chi connectivity index (χ4v) is 2.54. The third-order valence-electron chi connectivity index (χ3n) is 2.41. The van der Waals surface area contributed by atoms with Crippen LogP contribution in [-0.2, 0) is 6.42 Å². The molecule has 96 valence electrons. The van der Waals surface area contributed by atoms with Gasteiger partial charge in [-0.05, 0) is 18.7 Å². The number of benzene rings is 1. The van der Waals surface area contributed by atoms with Crippen molar-refractivity contribution < 1.29 is 4.39 Å². The second-order valence-corrected chi connectivity index (χ2v) is 5.18. The minimum Gasteiger partial charge on any atom is -0.317 e. The Morgan fingerprint density at radius 1 is 1.39 bits per heavy atom. The van der Waals surface area contributed by atoms with Gasteiger partial charge in [0.25, 0.3) is 0 Å². The first-order valence-corrected chi connectivity index (χ1v) is 6.89. The van der Waals surface area contributed by atoms with Gasteiger partial charge in [-0.3, -0.25) is 0 Å². The van der Waals surface area contributed by atoms with Crippen LogP contribution in [0, 0.1) is 5.82 Å². The summed E-state index contributed by atoms with van der Waals surface area (Å²) in [4.78, 5) is 0. The molecule has 0 radical (unpaired) electrons. The first kappa shape index (κ1) is 13.4. The van der Waals surface area contributed by atoms with E-state index in [-0.39, 0.29) is 5.02 Å². The number of aromatic nitrogens is 2. The van der Waals surface area contributed by atoms with E-state index < -0.39 is 5.82 Å². The summed E-state index contributed by atoms with van der Waals surface area (Å²) in [6.07, 6.45) is 0.799. The standard InChI is InChI=1S/C12H13ClFN3S/c1-2-15-7-6-10-16-17-12(18-10)8-4-3-5-9(13)11(8)14/h3-5,15H,2,6-7H2,1H3. The second kappa shape index (κ2) is 6.22. The fourth-order valence-electron chi connectivity index (χ4n) is 1.50. The molecule has 1 heterocycles. The molecule has 18 heavy (non-hydrogen) atoms. The Balaban J connectivity index is 2.16. The van der Waals surface area contributed by atoms with Gasteiger partial charge in [0.05, 0.1) is 5.02 Å². The highest BCUT2D eigenvalue weighted by atomic mass is 35.5. The molecule has 1 N–H and O–H groups in total. The van der Waals surface area contributed by atoms with Gasteiger partial charge in [-0.2, -0.15) is 0 Å². The molecule has 0 bridgehead atoms. The zero-order valence-electron chi connectivity index (χ0n) is 9.91. The van der Waals surface area contributed by atoms with Crippen molar-refractivity contribution in [2.45, 2.75) is 13.3 Å². The lowest BCUT2D eigenvalue weighted by molar-refractivity contribution is 0.631. The predicted molar refractivity (Wildman–Crippen MR) is 72.6 cm³/mol. The van der Waals surface area contributed by atoms with Crippen molar-refractivity contribution in [3.05, 3.63) is 34.0 Å². The van der Waals surface area contributed by atoms with Crippen LogP contribution < -0.4 is 5.32 Å². The molecular weight excluding hydrogens is 273 g/mol. The Hall–Kier alpha value is -1.04. The van der Waals surface area contributed by atoms with Crippen LogP contribution in [0.3, 0.4) is 0 Å². The average molecular weight is 286 g/mol. The number of hydrogen-bond acceptors (Lipinski definition) is 4. The molecule has 0 aliphatic heterocycles. The maximum atomic E-state index is 13.8. The summed E-state index contributed by atoms with van der Waals surface area (Å²) in [7, 11) is 0. The third kappa shape index (κ3) is 3.04. The maximum absolute atomic E-state index is 13.8. The molecule has 0 unspecified atom stereocenters. The van der Waals surface area contributed by atoms with Crippen LogP contribution in [0.1, 0.15) is 11.9 Å². The van der Waals surface area contributed by atoms with E-state index in [2.05, 4.69) is 15.5 Å². The average Bonchev–Trinajstić information content (AvgIpc) is 2.82. The zero-order chi connectivity index (χ0) is 13.0. The normalized spacial score (nSPS) is 10.8. The van der Waals surface area contributed by atoms with Gasteiger partial charge in [0.15, 0.2) is 10.8 Å². The lowest BCUT2D eigenvalue weighted by Gasteiger charge is -1.99. The summed E-state index contributed by atoms with van der Waals surface area (Å²) in [5, 5.41) is 12.8. The molecule has 2 aromatic rings. The van der Waals surface area contributed by atoms with Gasteiger partial charge in [-0.1, -0.05) is 35.9 Å². The van der Waals surface area contributed by atoms with Gasteiger partial charge in [0, 0.05) is 18.5 Å². The topological polar surface area (TPSA) is 37.8 Å². The van der Waals surface area contributed by atoms with Crippen LogP contribution in [-0.4, -0.2) is 23.3 Å². The molecule has 1 aromatic heterocycles. The van der Waals surface area contributed by atoms with E-state index in [9.17, 15) is 4.39 Å². The van der Waals surface area contributed by atoms with Crippen molar-refractivity contribution in [2.24, 2.45) is 0 Å². The first-order valence-electron chi connectivity index (χ1n) is 5.70. The molecule has 2 rings (SSSR count). The molecule has 3 nitrogen and oxygen atoms in total. The lowest BCUT2D eigenvalue weighted by atomic mass is 10.2. The van der Waals surface area contributed by atoms with Gasteiger partial charge in [-0.15, -0.1) is 10.2 Å². The highest BCUT2D eigenvalue weighted by Gasteiger charge is 2.13. The van der Waals surface area contributed by atoms with Crippen LogP contribution in [0.15, 0.2) is 18.2 Å². The molecule has 0 aliphatic carbocycles. The van der Waals surface area contributed by atoms with E-state index in [0.29, 0.717) is 10.6 Å². The minimum absolute atomic E-state index is 0.108. The monoisotopic (exact) mass is 285 g/mol. The van der Waals surface area contributed by atoms with Crippen LogP contribution in [0.25, 0.3) is 10.6 Å². The summed E-state index contributed by atoms with van der Waals surface area (Å²) in [6.45, 7) is 3.82. The van der Waals surface area contributed by atoms with Gasteiger partial charge in [-0.25, -0.2) is 4.39 Å². The number of nitrogens with zero attached hydrogens (tertiary/aromatic N) is 2. The smallest absolute Gasteiger partial charge is 0.152 e. The Kier molecular flexibility index (Phi) is 4.63. The SMILES string of the molecule is CCNCCc1nnc(-c2cccc(Cl)c2F)s1. The highest BCUT2D eigenvalue weighted by molar-refractivity contribution is 7.14. The van der Waals surface area contributed by atoms with E-state index in [1.807, 2.05) is 6.92 Å². The summed E-state index contributed by atoms with van der Waals surface area (Å²) in [6, 6.07) is 4.89. The highest BCUT2D eigenvalue weighted by Crippen LogP contribution is 2.29. The molecule has 0 aliphatic rings. The van der Waals surface area contributed by atoms with Crippen molar-refractivity contribution in [3.8, 4) is 10.6 Å². The first-order chi connectivity index (χ1) is 8.72. The fraction of sp³-hybridized carbons (Fsp3) is 0.333. The zero-order valence-corrected chi connectivity index (χ0v) is 11.5. The number of hydrogen-bond donors (Lipinski definition) is 1. The second-order valence-electron chi connectivity index (χ2n) is 3.71. The summed E-state index contributed by atoms with van der Waals surface area (Å²) >= 11 is 7.14. The van der Waals surface area contributed by atoms with Gasteiger partial charge in [0.1, 0.15) is 5.01 Å². The van der Waals surface area contributed by atoms with E-state index in [1.54, 1.807) is 12.1 Å². The summed E-state index contributed by atoms with van der Waals surface area (Å²) in [5.41, 5.74) is 0.412. The predicted octanol–water partition coefficient (Wildman–Crippen LogP) is 3.15. The molecule has 0 amide bonds. The molecule has 0 saturated carbocycles. The third-order valence-corrected chi connectivity index (χ3v) is 3.72. The van der Waals surface area contributed by atoms with Crippen LogP contribution in [0.2, 0.25) is 5.02 Å². The molecule has 0 saturated heterocycles. The van der Waals surface area contributed by atoms with Gasteiger partial charge >= 0.3 is 0 Å². The van der Waals surface area contributed by atoms with Gasteiger partial charge in [0.2, 0.25) is 0 Å². The Morgan fingerprint density at radius 3 is 3.00 bits per heavy atom. The molecule has 0 atom stereocenters. The molecule has 0 spiro atoms. The van der Waals surface area contributed by atoms with E-state index in [4.69, 9.17) is 11.6 Å². The molecule has 0 fully saturated rings. The van der Waals surface area contributed by atoms with E-state index >= 15 is 0 Å². The maximum Gasteiger partial charge on any atom is 0.152 e. The number of likely N-dealkylation sites (N-methyl/N-ethyl adjacent to an activating group) is 1.